The minimum Gasteiger partial charge on any atom is -0.481 e. The number of hydrogen-bond donors (Lipinski definition) is 1. The summed E-state index contributed by atoms with van der Waals surface area (Å²) in [6.07, 6.45) is 14.9. The summed E-state index contributed by atoms with van der Waals surface area (Å²) < 4.78 is 4.65. The molecule has 0 heterocycles. The molecule has 0 aromatic rings. The highest BCUT2D eigenvalue weighted by Crippen LogP contribution is 2.35. The Morgan fingerprint density at radius 1 is 0.848 bits per heavy atom. The Balaban J connectivity index is 0. The van der Waals surface area contributed by atoms with Gasteiger partial charge in [0.15, 0.2) is 0 Å². The number of esters is 1. The Kier molecular flexibility index (Phi) is 18.2. The van der Waals surface area contributed by atoms with E-state index in [1.165, 1.54) is 7.11 Å². The van der Waals surface area contributed by atoms with Crippen molar-refractivity contribution in [3.63, 3.8) is 0 Å². The number of carbonyl (C=O) groups is 4. The molecular formula is C27H46O6. The zero-order valence-electron chi connectivity index (χ0n) is 19.2. The summed E-state index contributed by atoms with van der Waals surface area (Å²) in [6, 6.07) is 0. The summed E-state index contributed by atoms with van der Waals surface area (Å²) in [5.41, 5.74) is 0. The summed E-state index contributed by atoms with van der Waals surface area (Å²) in [7, 11) is 1.39. The maximum Gasteiger partial charge on any atom is 0.305 e. The van der Waals surface area contributed by atoms with Gasteiger partial charge in [-0.3, -0.25) is 19.2 Å². The number of ketones is 2. The molecule has 0 spiro atoms. The fraction of sp³-hybridized carbons (Fsp3) is 0.704. The lowest BCUT2D eigenvalue weighted by Crippen LogP contribution is -2.18. The van der Waals surface area contributed by atoms with Gasteiger partial charge in [0, 0.05) is 37.5 Å². The first-order valence-corrected chi connectivity index (χ1v) is 11.5. The van der Waals surface area contributed by atoms with Crippen molar-refractivity contribution in [1.82, 2.24) is 0 Å². The third kappa shape index (κ3) is 12.0. The molecule has 0 aliphatic heterocycles. The summed E-state index contributed by atoms with van der Waals surface area (Å²) in [4.78, 5) is 45.0. The number of methoxy groups -OCH3 is 1. The van der Waals surface area contributed by atoms with Gasteiger partial charge >= 0.3 is 11.9 Å². The molecule has 2 aliphatic carbocycles. The fourth-order valence-electron chi connectivity index (χ4n) is 4.43. The first-order chi connectivity index (χ1) is 14.8. The number of hydrogen-bond acceptors (Lipinski definition) is 5. The molecule has 0 aromatic carbocycles. The lowest BCUT2D eigenvalue weighted by molar-refractivity contribution is -0.142. The molecule has 6 heteroatoms. The summed E-state index contributed by atoms with van der Waals surface area (Å²) in [6.45, 7) is 4.11. The van der Waals surface area contributed by atoms with Crippen molar-refractivity contribution < 1.29 is 29.0 Å². The number of carboxylic acids is 1. The van der Waals surface area contributed by atoms with Crippen LogP contribution in [0.5, 0.6) is 0 Å². The first-order valence-electron chi connectivity index (χ1n) is 11.5. The molecular weight excluding hydrogens is 420 g/mol. The molecule has 0 aromatic heterocycles. The van der Waals surface area contributed by atoms with Crippen LogP contribution in [-0.4, -0.2) is 35.7 Å². The van der Waals surface area contributed by atoms with E-state index in [0.717, 1.165) is 32.1 Å². The van der Waals surface area contributed by atoms with Crippen LogP contribution in [0.15, 0.2) is 24.3 Å². The highest BCUT2D eigenvalue weighted by Gasteiger charge is 2.35. The molecule has 0 saturated heterocycles. The normalized spacial score (nSPS) is 24.2. The monoisotopic (exact) mass is 466 g/mol. The van der Waals surface area contributed by atoms with Crippen molar-refractivity contribution in [2.45, 2.75) is 92.9 Å². The van der Waals surface area contributed by atoms with E-state index < -0.39 is 5.97 Å². The van der Waals surface area contributed by atoms with Crippen LogP contribution < -0.4 is 0 Å². The second-order valence-corrected chi connectivity index (χ2v) is 8.35. The van der Waals surface area contributed by atoms with E-state index in [1.54, 1.807) is 0 Å². The van der Waals surface area contributed by atoms with E-state index in [4.69, 9.17) is 5.11 Å². The van der Waals surface area contributed by atoms with Gasteiger partial charge in [0.1, 0.15) is 11.6 Å². The van der Waals surface area contributed by atoms with Crippen molar-refractivity contribution in [3.05, 3.63) is 24.3 Å². The van der Waals surface area contributed by atoms with Gasteiger partial charge in [-0.25, -0.2) is 0 Å². The van der Waals surface area contributed by atoms with Crippen LogP contribution in [0.1, 0.15) is 92.9 Å². The maximum absolute atomic E-state index is 11.7. The van der Waals surface area contributed by atoms with E-state index in [1.807, 2.05) is 19.1 Å². The van der Waals surface area contributed by atoms with Crippen LogP contribution in [-0.2, 0) is 23.9 Å². The molecule has 0 radical (unpaired) electrons. The van der Waals surface area contributed by atoms with Crippen molar-refractivity contribution in [1.29, 1.82) is 0 Å². The minimum atomic E-state index is -0.792. The standard InChI is InChI=1S/C13H20O3.C12H18O3.2CH4/c1-3-4-5-6-11-10(7-8-12(11)14)9-13(15)16-2;1-2-3-4-5-10-9(8-12(14)15)6-7-11(10)13;;/h4-5,10-11H,3,6-9H2,1-2H3;3-4,9-10H,2,5-8H2,1H3,(H,14,15);2*1H4/b5-4+;4-3+;;/t10-,11+;9-,10+;;/m00../s1. The van der Waals surface area contributed by atoms with Crippen molar-refractivity contribution >= 4 is 23.5 Å². The van der Waals surface area contributed by atoms with Crippen LogP contribution in [0.4, 0.5) is 0 Å². The predicted octanol–water partition coefficient (Wildman–Crippen LogP) is 6.19. The van der Waals surface area contributed by atoms with Gasteiger partial charge in [-0.15, -0.1) is 0 Å². The van der Waals surface area contributed by atoms with Gasteiger partial charge in [0.05, 0.1) is 7.11 Å². The molecule has 33 heavy (non-hydrogen) atoms. The third-order valence-electron chi connectivity index (χ3n) is 6.17. The Morgan fingerprint density at radius 2 is 1.27 bits per heavy atom. The zero-order valence-corrected chi connectivity index (χ0v) is 19.2. The van der Waals surface area contributed by atoms with Gasteiger partial charge < -0.3 is 9.84 Å². The van der Waals surface area contributed by atoms with Crippen LogP contribution in [0.3, 0.4) is 0 Å². The van der Waals surface area contributed by atoms with Crippen molar-refractivity contribution in [2.75, 3.05) is 7.11 Å². The van der Waals surface area contributed by atoms with Gasteiger partial charge in [-0.05, 0) is 50.4 Å². The number of allylic oxidation sites excluding steroid dienone is 4. The molecule has 2 fully saturated rings. The molecule has 2 aliphatic rings. The van der Waals surface area contributed by atoms with Crippen LogP contribution in [0.25, 0.3) is 0 Å². The summed E-state index contributed by atoms with van der Waals surface area (Å²) >= 11 is 0. The number of ether oxygens (including phenoxy) is 1. The molecule has 2 rings (SSSR count). The highest BCUT2D eigenvalue weighted by atomic mass is 16.5. The molecule has 190 valence electrons. The second-order valence-electron chi connectivity index (χ2n) is 8.35. The molecule has 6 nitrogen and oxygen atoms in total. The second kappa shape index (κ2) is 18.2. The van der Waals surface area contributed by atoms with Gasteiger partial charge in [0.25, 0.3) is 0 Å². The Hall–Kier alpha value is -2.24. The largest absolute Gasteiger partial charge is 0.481 e. The van der Waals surface area contributed by atoms with Crippen LogP contribution in [0.2, 0.25) is 0 Å². The van der Waals surface area contributed by atoms with E-state index in [0.29, 0.717) is 31.5 Å². The average Bonchev–Trinajstić information content (AvgIpc) is 3.25. The Bertz CT molecular complexity index is 664. The third-order valence-corrected chi connectivity index (χ3v) is 6.17. The quantitative estimate of drug-likeness (QED) is 0.305. The smallest absolute Gasteiger partial charge is 0.305 e. The van der Waals surface area contributed by atoms with Crippen LogP contribution >= 0.6 is 0 Å². The van der Waals surface area contributed by atoms with Gasteiger partial charge in [-0.2, -0.15) is 0 Å². The van der Waals surface area contributed by atoms with Gasteiger partial charge in [0.2, 0.25) is 0 Å². The molecule has 0 unspecified atom stereocenters. The first kappa shape index (κ1) is 32.9. The van der Waals surface area contributed by atoms with Crippen molar-refractivity contribution in [3.8, 4) is 0 Å². The average molecular weight is 467 g/mol. The minimum absolute atomic E-state index is 0. The Morgan fingerprint density at radius 3 is 1.64 bits per heavy atom. The predicted molar refractivity (Wildman–Crippen MR) is 133 cm³/mol. The zero-order chi connectivity index (χ0) is 23.2. The molecule has 1 N–H and O–H groups in total. The Labute approximate surface area is 200 Å². The lowest BCUT2D eigenvalue weighted by atomic mass is 9.89. The number of Topliss-reactive ketones (excluding diaryl/α,β-unsaturated/α-hetero) is 2. The van der Waals surface area contributed by atoms with Crippen molar-refractivity contribution in [2.24, 2.45) is 23.7 Å². The lowest BCUT2D eigenvalue weighted by Gasteiger charge is -2.15. The summed E-state index contributed by atoms with van der Waals surface area (Å²) in [5.74, 6) is -0.247. The molecule has 2 saturated carbocycles. The molecule has 4 atom stereocenters. The number of rotatable bonds is 10. The summed E-state index contributed by atoms with van der Waals surface area (Å²) in [5, 5.41) is 8.72. The van der Waals surface area contributed by atoms with E-state index >= 15 is 0 Å². The van der Waals surface area contributed by atoms with E-state index in [-0.39, 0.29) is 56.7 Å². The fourth-order valence-corrected chi connectivity index (χ4v) is 4.43. The SMILES string of the molecule is C.C.CC/C=C/C[C@H]1C(=O)CC[C@H]1CC(=O)O.CC/C=C/C[C@H]1C(=O)CC[C@H]1CC(=O)OC. The maximum atomic E-state index is 11.7. The van der Waals surface area contributed by atoms with E-state index in [2.05, 4.69) is 23.8 Å². The van der Waals surface area contributed by atoms with Gasteiger partial charge in [-0.1, -0.05) is 53.0 Å². The highest BCUT2D eigenvalue weighted by molar-refractivity contribution is 5.85. The van der Waals surface area contributed by atoms with E-state index in [9.17, 15) is 19.2 Å². The molecule has 0 amide bonds. The number of carboxylic acid groups (broad SMARTS) is 1. The topological polar surface area (TPSA) is 97.7 Å². The number of carbonyl (C=O) groups excluding carboxylic acids is 3. The number of aliphatic carboxylic acids is 1. The molecule has 0 bridgehead atoms. The van der Waals surface area contributed by atoms with Crippen LogP contribution in [0, 0.1) is 23.7 Å².